The minimum absolute atomic E-state index is 0.111. The second-order valence-electron chi connectivity index (χ2n) is 7.10. The van der Waals surface area contributed by atoms with Gasteiger partial charge < -0.3 is 15.5 Å². The van der Waals surface area contributed by atoms with Crippen molar-refractivity contribution in [2.75, 3.05) is 6.54 Å². The Balaban J connectivity index is 1.96. The molecular formula is C22H25NO5. The van der Waals surface area contributed by atoms with Gasteiger partial charge in [0, 0.05) is 13.0 Å². The molecular weight excluding hydrogens is 358 g/mol. The molecule has 3 N–H and O–H groups in total. The van der Waals surface area contributed by atoms with E-state index in [1.165, 1.54) is 0 Å². The molecule has 2 aromatic carbocycles. The maximum atomic E-state index is 11.8. The van der Waals surface area contributed by atoms with E-state index in [0.717, 1.165) is 16.7 Å². The predicted molar refractivity (Wildman–Crippen MR) is 106 cm³/mol. The molecule has 6 heteroatoms. The fourth-order valence-electron chi connectivity index (χ4n) is 2.95. The first kappa shape index (κ1) is 21.2. The van der Waals surface area contributed by atoms with Gasteiger partial charge in [0.05, 0.1) is 11.8 Å². The first-order valence-corrected chi connectivity index (χ1v) is 9.16. The van der Waals surface area contributed by atoms with Crippen LogP contribution in [0.15, 0.2) is 54.6 Å². The zero-order valence-electron chi connectivity index (χ0n) is 15.9. The van der Waals surface area contributed by atoms with Gasteiger partial charge in [-0.25, -0.2) is 0 Å². The van der Waals surface area contributed by atoms with Gasteiger partial charge in [-0.3, -0.25) is 14.4 Å². The predicted octanol–water partition coefficient (Wildman–Crippen LogP) is 3.36. The normalized spacial score (nSPS) is 12.8. The van der Waals surface area contributed by atoms with Gasteiger partial charge in [0.25, 0.3) is 0 Å². The standard InChI is InChI=1S/C22H25NO5/c1-22(21(27)28,13-14-23-19(24)11-12-20(25)26)15-16-7-9-18(10-8-16)17-5-3-2-4-6-17/h2-10H,11-15H2,1H3,(H,23,24)(H,25,26)(H,27,28)/t22-/m0/s1. The van der Waals surface area contributed by atoms with E-state index in [-0.39, 0.29) is 31.7 Å². The minimum Gasteiger partial charge on any atom is -0.481 e. The van der Waals surface area contributed by atoms with E-state index in [1.54, 1.807) is 6.92 Å². The van der Waals surface area contributed by atoms with Gasteiger partial charge in [-0.1, -0.05) is 54.6 Å². The van der Waals surface area contributed by atoms with Gasteiger partial charge in [-0.2, -0.15) is 0 Å². The Morgan fingerprint density at radius 1 is 0.893 bits per heavy atom. The molecule has 0 spiro atoms. The molecule has 28 heavy (non-hydrogen) atoms. The van der Waals surface area contributed by atoms with Crippen LogP contribution in [0.2, 0.25) is 0 Å². The van der Waals surface area contributed by atoms with Crippen LogP contribution in [0.4, 0.5) is 0 Å². The van der Waals surface area contributed by atoms with Crippen LogP contribution >= 0.6 is 0 Å². The first-order chi connectivity index (χ1) is 13.3. The summed E-state index contributed by atoms with van der Waals surface area (Å²) >= 11 is 0. The monoisotopic (exact) mass is 383 g/mol. The van der Waals surface area contributed by atoms with Crippen LogP contribution in [0, 0.1) is 5.41 Å². The van der Waals surface area contributed by atoms with Crippen molar-refractivity contribution in [1.29, 1.82) is 0 Å². The number of benzene rings is 2. The molecule has 0 aliphatic rings. The van der Waals surface area contributed by atoms with Gasteiger partial charge in [-0.15, -0.1) is 0 Å². The number of nitrogens with one attached hydrogen (secondary N) is 1. The molecule has 0 aliphatic heterocycles. The number of carbonyl (C=O) groups is 3. The molecule has 0 unspecified atom stereocenters. The highest BCUT2D eigenvalue weighted by molar-refractivity contribution is 5.80. The van der Waals surface area contributed by atoms with Gasteiger partial charge in [-0.05, 0) is 36.5 Å². The molecule has 1 atom stereocenters. The van der Waals surface area contributed by atoms with E-state index in [4.69, 9.17) is 5.11 Å². The number of amides is 1. The van der Waals surface area contributed by atoms with Crippen molar-refractivity contribution in [3.63, 3.8) is 0 Å². The molecule has 148 valence electrons. The highest BCUT2D eigenvalue weighted by atomic mass is 16.4. The number of carboxylic acid groups (broad SMARTS) is 2. The summed E-state index contributed by atoms with van der Waals surface area (Å²) in [7, 11) is 0. The van der Waals surface area contributed by atoms with Crippen molar-refractivity contribution in [3.05, 3.63) is 60.2 Å². The lowest BCUT2D eigenvalue weighted by molar-refractivity contribution is -0.148. The summed E-state index contributed by atoms with van der Waals surface area (Å²) in [6.45, 7) is 1.84. The van der Waals surface area contributed by atoms with Crippen molar-refractivity contribution in [2.45, 2.75) is 32.6 Å². The molecule has 0 aliphatic carbocycles. The number of carbonyl (C=O) groups excluding carboxylic acids is 1. The van der Waals surface area contributed by atoms with Crippen molar-refractivity contribution in [2.24, 2.45) is 5.41 Å². The third-order valence-corrected chi connectivity index (χ3v) is 4.74. The highest BCUT2D eigenvalue weighted by Crippen LogP contribution is 2.28. The molecule has 2 rings (SSSR count). The minimum atomic E-state index is -1.04. The Labute approximate surface area is 164 Å². The Morgan fingerprint density at radius 2 is 1.50 bits per heavy atom. The molecule has 0 radical (unpaired) electrons. The molecule has 0 heterocycles. The molecule has 1 amide bonds. The van der Waals surface area contributed by atoms with Crippen molar-refractivity contribution < 1.29 is 24.6 Å². The lowest BCUT2D eigenvalue weighted by Crippen LogP contribution is -2.35. The Bertz CT molecular complexity index is 817. The van der Waals surface area contributed by atoms with Gasteiger partial charge in [0.15, 0.2) is 0 Å². The number of hydrogen-bond donors (Lipinski definition) is 3. The van der Waals surface area contributed by atoms with Crippen molar-refractivity contribution >= 4 is 17.8 Å². The third-order valence-electron chi connectivity index (χ3n) is 4.74. The third kappa shape index (κ3) is 6.23. The zero-order valence-corrected chi connectivity index (χ0v) is 15.9. The van der Waals surface area contributed by atoms with E-state index >= 15 is 0 Å². The molecule has 6 nitrogen and oxygen atoms in total. The molecule has 0 bridgehead atoms. The largest absolute Gasteiger partial charge is 0.481 e. The number of carboxylic acids is 2. The average Bonchev–Trinajstić information content (AvgIpc) is 2.67. The average molecular weight is 383 g/mol. The van der Waals surface area contributed by atoms with Crippen LogP contribution in [-0.2, 0) is 20.8 Å². The summed E-state index contributed by atoms with van der Waals surface area (Å²) in [5.41, 5.74) is 2.03. The van der Waals surface area contributed by atoms with Crippen LogP contribution in [0.1, 0.15) is 31.7 Å². The van der Waals surface area contributed by atoms with Crippen molar-refractivity contribution in [1.82, 2.24) is 5.32 Å². The summed E-state index contributed by atoms with van der Waals surface area (Å²) in [6, 6.07) is 17.7. The maximum Gasteiger partial charge on any atom is 0.309 e. The summed E-state index contributed by atoms with van der Waals surface area (Å²) in [5, 5.41) is 20.9. The van der Waals surface area contributed by atoms with E-state index in [9.17, 15) is 19.5 Å². The van der Waals surface area contributed by atoms with Crippen LogP contribution < -0.4 is 5.32 Å². The highest BCUT2D eigenvalue weighted by Gasteiger charge is 2.33. The SMILES string of the molecule is C[C@](CCNC(=O)CCC(=O)O)(Cc1ccc(-c2ccccc2)cc1)C(=O)O. The quantitative estimate of drug-likeness (QED) is 0.584. The summed E-state index contributed by atoms with van der Waals surface area (Å²) in [4.78, 5) is 33.9. The maximum absolute atomic E-state index is 11.8. The smallest absolute Gasteiger partial charge is 0.309 e. The molecule has 0 fully saturated rings. The second kappa shape index (κ2) is 9.69. The lowest BCUT2D eigenvalue weighted by Gasteiger charge is -2.25. The zero-order chi connectivity index (χ0) is 20.6. The molecule has 0 aromatic heterocycles. The first-order valence-electron chi connectivity index (χ1n) is 9.16. The van der Waals surface area contributed by atoms with Crippen LogP contribution in [0.5, 0.6) is 0 Å². The lowest BCUT2D eigenvalue weighted by atomic mass is 9.80. The Morgan fingerprint density at radius 3 is 2.07 bits per heavy atom. The fraction of sp³-hybridized carbons (Fsp3) is 0.318. The van der Waals surface area contributed by atoms with Gasteiger partial charge in [0.1, 0.15) is 0 Å². The Hall–Kier alpha value is -3.15. The van der Waals surface area contributed by atoms with Crippen molar-refractivity contribution in [3.8, 4) is 11.1 Å². The summed E-state index contributed by atoms with van der Waals surface area (Å²) < 4.78 is 0. The van der Waals surface area contributed by atoms with Gasteiger partial charge in [0.2, 0.25) is 5.91 Å². The fourth-order valence-corrected chi connectivity index (χ4v) is 2.95. The van der Waals surface area contributed by atoms with Crippen LogP contribution in [-0.4, -0.2) is 34.6 Å². The van der Waals surface area contributed by atoms with Gasteiger partial charge >= 0.3 is 11.9 Å². The summed E-state index contributed by atoms with van der Waals surface area (Å²) in [6.07, 6.45) is 0.236. The summed E-state index contributed by atoms with van der Waals surface area (Å²) in [5.74, 6) is -2.36. The van der Waals surface area contributed by atoms with E-state index in [2.05, 4.69) is 5.32 Å². The van der Waals surface area contributed by atoms with E-state index in [1.807, 2.05) is 54.6 Å². The molecule has 0 saturated heterocycles. The Kier molecular flexibility index (Phi) is 7.32. The van der Waals surface area contributed by atoms with E-state index < -0.39 is 17.4 Å². The topological polar surface area (TPSA) is 104 Å². The number of rotatable bonds is 10. The molecule has 2 aromatic rings. The van der Waals surface area contributed by atoms with E-state index in [0.29, 0.717) is 6.42 Å². The van der Waals surface area contributed by atoms with Crippen LogP contribution in [0.25, 0.3) is 11.1 Å². The number of aliphatic carboxylic acids is 2. The second-order valence-corrected chi connectivity index (χ2v) is 7.10. The van der Waals surface area contributed by atoms with Crippen LogP contribution in [0.3, 0.4) is 0 Å². The molecule has 0 saturated carbocycles. The number of hydrogen-bond acceptors (Lipinski definition) is 3.